The van der Waals surface area contributed by atoms with Crippen molar-refractivity contribution in [2.24, 2.45) is 0 Å². The fraction of sp³-hybridized carbons (Fsp3) is 0.733. The van der Waals surface area contributed by atoms with Gasteiger partial charge in [-0.15, -0.1) is 0 Å². The predicted octanol–water partition coefficient (Wildman–Crippen LogP) is 2.39. The summed E-state index contributed by atoms with van der Waals surface area (Å²) in [6.07, 6.45) is 3.39. The smallest absolute Gasteiger partial charge is 0.187 e. The van der Waals surface area contributed by atoms with Crippen molar-refractivity contribution in [1.29, 1.82) is 0 Å². The van der Waals surface area contributed by atoms with Crippen LogP contribution in [0.5, 0.6) is 0 Å². The minimum Gasteiger partial charge on any atom is -0.394 e. The summed E-state index contributed by atoms with van der Waals surface area (Å²) in [5.74, 6) is 0.915. The largest absolute Gasteiger partial charge is 0.394 e. The molecule has 5 heteroatoms. The normalized spacial score (nSPS) is 18.1. The number of rotatable bonds is 7. The van der Waals surface area contributed by atoms with E-state index in [1.165, 1.54) is 18.4 Å². The average molecular weight is 295 g/mol. The van der Waals surface area contributed by atoms with Gasteiger partial charge in [0.2, 0.25) is 0 Å². The lowest BCUT2D eigenvalue weighted by Gasteiger charge is -2.28. The van der Waals surface area contributed by atoms with Gasteiger partial charge in [-0.25, -0.2) is 9.97 Å². The number of aryl methyl sites for hydroxylation is 2. The zero-order chi connectivity index (χ0) is 14.8. The molecule has 0 saturated heterocycles. The third-order valence-electron chi connectivity index (χ3n) is 3.98. The van der Waals surface area contributed by atoms with Crippen molar-refractivity contribution in [2.75, 3.05) is 12.4 Å². The van der Waals surface area contributed by atoms with Crippen molar-refractivity contribution in [3.8, 4) is 0 Å². The van der Waals surface area contributed by atoms with Gasteiger partial charge in [0.1, 0.15) is 0 Å². The maximum absolute atomic E-state index is 9.58. The molecule has 1 saturated carbocycles. The molecule has 0 radical (unpaired) electrons. The number of thioether (sulfide) groups is 1. The Bertz CT molecular complexity index is 453. The molecule has 1 aliphatic rings. The van der Waals surface area contributed by atoms with Crippen molar-refractivity contribution < 1.29 is 5.11 Å². The first kappa shape index (κ1) is 15.7. The lowest BCUT2D eigenvalue weighted by molar-refractivity contribution is 0.169. The van der Waals surface area contributed by atoms with Crippen LogP contribution in [0.25, 0.3) is 0 Å². The molecule has 20 heavy (non-hydrogen) atoms. The molecule has 4 nitrogen and oxygen atoms in total. The van der Waals surface area contributed by atoms with Crippen LogP contribution >= 0.6 is 11.8 Å². The van der Waals surface area contributed by atoms with E-state index in [0.29, 0.717) is 6.04 Å². The molecule has 0 spiro atoms. The van der Waals surface area contributed by atoms with Crippen LogP contribution in [0, 0.1) is 20.8 Å². The molecule has 2 N–H and O–H groups in total. The molecular weight excluding hydrogens is 270 g/mol. The molecule has 112 valence electrons. The molecule has 1 fully saturated rings. The van der Waals surface area contributed by atoms with Gasteiger partial charge in [-0.05, 0) is 52.5 Å². The second-order valence-corrected chi connectivity index (χ2v) is 7.10. The summed E-state index contributed by atoms with van der Waals surface area (Å²) in [6, 6.07) is 0.609. The van der Waals surface area contributed by atoms with Crippen molar-refractivity contribution in [3.63, 3.8) is 0 Å². The number of aliphatic hydroxyl groups is 1. The van der Waals surface area contributed by atoms with Crippen molar-refractivity contribution in [2.45, 2.75) is 63.7 Å². The molecule has 1 unspecified atom stereocenters. The van der Waals surface area contributed by atoms with Gasteiger partial charge >= 0.3 is 0 Å². The summed E-state index contributed by atoms with van der Waals surface area (Å²) >= 11 is 1.67. The molecule has 2 rings (SSSR count). The van der Waals surface area contributed by atoms with Gasteiger partial charge in [0.25, 0.3) is 0 Å². The minimum absolute atomic E-state index is 0.177. The molecule has 0 amide bonds. The molecule has 1 aromatic heterocycles. The van der Waals surface area contributed by atoms with E-state index in [-0.39, 0.29) is 12.1 Å². The molecule has 0 bridgehead atoms. The van der Waals surface area contributed by atoms with Gasteiger partial charge in [-0.2, -0.15) is 0 Å². The predicted molar refractivity (Wildman–Crippen MR) is 83.2 cm³/mol. The summed E-state index contributed by atoms with van der Waals surface area (Å²) in [5.41, 5.74) is 3.11. The summed E-state index contributed by atoms with van der Waals surface area (Å²) in [5, 5.41) is 14.0. The maximum atomic E-state index is 9.58. The molecule has 1 heterocycles. The van der Waals surface area contributed by atoms with Gasteiger partial charge in [0.15, 0.2) is 5.16 Å². The van der Waals surface area contributed by atoms with E-state index in [1.54, 1.807) is 11.8 Å². The Morgan fingerprint density at radius 1 is 1.25 bits per heavy atom. The standard InChI is InChI=1S/C15H25N3OS/c1-10-11(2)16-14(17-12(10)3)20-8-7-15(4,9-19)18-13-5-6-13/h13,18-19H,5-9H2,1-4H3. The Kier molecular flexibility index (Phi) is 5.04. The molecular formula is C15H25N3OS. The second-order valence-electron chi connectivity index (χ2n) is 6.04. The number of hydrogen-bond acceptors (Lipinski definition) is 5. The number of hydrogen-bond donors (Lipinski definition) is 2. The van der Waals surface area contributed by atoms with Crippen LogP contribution in [0.2, 0.25) is 0 Å². The first-order valence-corrected chi connectivity index (χ1v) is 8.25. The molecule has 0 aliphatic heterocycles. The Morgan fingerprint density at radius 2 is 1.85 bits per heavy atom. The van der Waals surface area contributed by atoms with Crippen LogP contribution < -0.4 is 5.32 Å². The summed E-state index contributed by atoms with van der Waals surface area (Å²) in [4.78, 5) is 9.04. The third kappa shape index (κ3) is 4.17. The highest BCUT2D eigenvalue weighted by Gasteiger charge is 2.31. The van der Waals surface area contributed by atoms with E-state index in [0.717, 1.165) is 28.7 Å². The van der Waals surface area contributed by atoms with Crippen LogP contribution in [0.3, 0.4) is 0 Å². The van der Waals surface area contributed by atoms with Crippen molar-refractivity contribution in [3.05, 3.63) is 17.0 Å². The summed E-state index contributed by atoms with van der Waals surface area (Å²) < 4.78 is 0. The van der Waals surface area contributed by atoms with E-state index < -0.39 is 0 Å². The number of nitrogens with one attached hydrogen (secondary N) is 1. The lowest BCUT2D eigenvalue weighted by atomic mass is 10.0. The second kappa shape index (κ2) is 6.41. The fourth-order valence-electron chi connectivity index (χ4n) is 2.09. The number of nitrogens with zero attached hydrogens (tertiary/aromatic N) is 2. The number of aromatic nitrogens is 2. The van der Waals surface area contributed by atoms with Gasteiger partial charge in [-0.1, -0.05) is 11.8 Å². The van der Waals surface area contributed by atoms with E-state index in [4.69, 9.17) is 0 Å². The zero-order valence-corrected chi connectivity index (χ0v) is 13.7. The van der Waals surface area contributed by atoms with Gasteiger partial charge < -0.3 is 10.4 Å². The Labute approximate surface area is 125 Å². The molecule has 1 atom stereocenters. The summed E-state index contributed by atoms with van der Waals surface area (Å²) in [6.45, 7) is 8.39. The molecule has 0 aromatic carbocycles. The van der Waals surface area contributed by atoms with Crippen molar-refractivity contribution >= 4 is 11.8 Å². The Hall–Kier alpha value is -0.650. The van der Waals surface area contributed by atoms with E-state index in [1.807, 2.05) is 13.8 Å². The zero-order valence-electron chi connectivity index (χ0n) is 12.9. The average Bonchev–Trinajstić information content (AvgIpc) is 3.19. The highest BCUT2D eigenvalue weighted by atomic mass is 32.2. The van der Waals surface area contributed by atoms with Crippen LogP contribution in [0.1, 0.15) is 43.1 Å². The van der Waals surface area contributed by atoms with Gasteiger partial charge in [0.05, 0.1) is 6.61 Å². The van der Waals surface area contributed by atoms with Crippen LogP contribution in [0.15, 0.2) is 5.16 Å². The quantitative estimate of drug-likeness (QED) is 0.597. The van der Waals surface area contributed by atoms with Crippen LogP contribution in [0.4, 0.5) is 0 Å². The van der Waals surface area contributed by atoms with Gasteiger partial charge in [-0.3, -0.25) is 0 Å². The summed E-state index contributed by atoms with van der Waals surface area (Å²) in [7, 11) is 0. The molecule has 1 aliphatic carbocycles. The first-order chi connectivity index (χ1) is 9.43. The highest BCUT2D eigenvalue weighted by molar-refractivity contribution is 7.99. The van der Waals surface area contributed by atoms with E-state index >= 15 is 0 Å². The fourth-order valence-corrected chi connectivity index (χ4v) is 3.23. The maximum Gasteiger partial charge on any atom is 0.187 e. The van der Waals surface area contributed by atoms with Crippen LogP contribution in [-0.4, -0.2) is 39.0 Å². The minimum atomic E-state index is -0.178. The lowest BCUT2D eigenvalue weighted by Crippen LogP contribution is -2.47. The molecule has 1 aromatic rings. The first-order valence-electron chi connectivity index (χ1n) is 7.27. The Balaban J connectivity index is 1.88. The Morgan fingerprint density at radius 3 is 2.35 bits per heavy atom. The van der Waals surface area contributed by atoms with E-state index in [2.05, 4.69) is 29.1 Å². The van der Waals surface area contributed by atoms with Crippen molar-refractivity contribution in [1.82, 2.24) is 15.3 Å². The van der Waals surface area contributed by atoms with E-state index in [9.17, 15) is 5.11 Å². The topological polar surface area (TPSA) is 58.0 Å². The SMILES string of the molecule is Cc1nc(SCCC(C)(CO)NC2CC2)nc(C)c1C. The third-order valence-corrected chi connectivity index (χ3v) is 4.83. The number of aliphatic hydroxyl groups excluding tert-OH is 1. The van der Waals surface area contributed by atoms with Gasteiger partial charge in [0, 0.05) is 28.7 Å². The highest BCUT2D eigenvalue weighted by Crippen LogP contribution is 2.26. The van der Waals surface area contributed by atoms with Crippen LogP contribution in [-0.2, 0) is 0 Å². The monoisotopic (exact) mass is 295 g/mol.